The predicted molar refractivity (Wildman–Crippen MR) is 116 cm³/mol. The maximum atomic E-state index is 12.7. The molecule has 6 heteroatoms. The summed E-state index contributed by atoms with van der Waals surface area (Å²) in [6, 6.07) is 26.0. The van der Waals surface area contributed by atoms with Gasteiger partial charge in [-0.25, -0.2) is 0 Å². The Morgan fingerprint density at radius 3 is 2.30 bits per heavy atom. The van der Waals surface area contributed by atoms with Crippen LogP contribution in [0.3, 0.4) is 0 Å². The summed E-state index contributed by atoms with van der Waals surface area (Å²) in [6.45, 7) is 4.22. The van der Waals surface area contributed by atoms with Crippen LogP contribution in [-0.2, 0) is 14.9 Å². The van der Waals surface area contributed by atoms with Crippen LogP contribution >= 0.6 is 0 Å². The van der Waals surface area contributed by atoms with Crippen molar-refractivity contribution in [2.24, 2.45) is 0 Å². The molecule has 0 saturated carbocycles. The third-order valence-electron chi connectivity index (χ3n) is 5.42. The summed E-state index contributed by atoms with van der Waals surface area (Å²) >= 11 is 0. The van der Waals surface area contributed by atoms with Crippen molar-refractivity contribution in [2.45, 2.75) is 24.0 Å². The van der Waals surface area contributed by atoms with Gasteiger partial charge in [-0.15, -0.1) is 0 Å². The topological polar surface area (TPSA) is 55.8 Å². The van der Waals surface area contributed by atoms with E-state index >= 15 is 0 Å². The van der Waals surface area contributed by atoms with Crippen LogP contribution in [0.15, 0.2) is 89.8 Å². The summed E-state index contributed by atoms with van der Waals surface area (Å²) < 4.78 is 37.0. The van der Waals surface area contributed by atoms with Gasteiger partial charge in [0.2, 0.25) is 0 Å². The van der Waals surface area contributed by atoms with Crippen LogP contribution < -0.4 is 4.18 Å². The normalized spacial score (nSPS) is 18.6. The minimum absolute atomic E-state index is 0.128. The van der Waals surface area contributed by atoms with E-state index in [1.54, 1.807) is 30.3 Å². The van der Waals surface area contributed by atoms with E-state index in [2.05, 4.69) is 24.0 Å². The molecule has 1 heterocycles. The highest BCUT2D eigenvalue weighted by molar-refractivity contribution is 7.87. The fourth-order valence-corrected chi connectivity index (χ4v) is 4.70. The number of benzene rings is 3. The lowest BCUT2D eigenvalue weighted by Gasteiger charge is -2.37. The van der Waals surface area contributed by atoms with Crippen LogP contribution in [0, 0.1) is 0 Å². The largest absolute Gasteiger partial charge is 0.379 e. The number of morpholine rings is 1. The zero-order valence-corrected chi connectivity index (χ0v) is 17.7. The average molecular weight is 424 g/mol. The summed E-state index contributed by atoms with van der Waals surface area (Å²) in [5.74, 6) is 0.306. The van der Waals surface area contributed by atoms with Gasteiger partial charge < -0.3 is 8.92 Å². The van der Waals surface area contributed by atoms with Gasteiger partial charge >= 0.3 is 10.1 Å². The SMILES string of the molecule is C[C@@H](c1ccccc1)N1CCO[C@H](c2ccccc2OS(=O)(=O)c2ccccc2)C1. The van der Waals surface area contributed by atoms with Crippen molar-refractivity contribution in [1.82, 2.24) is 4.90 Å². The standard InChI is InChI=1S/C24H25NO4S/c1-19(20-10-4-2-5-11-20)25-16-17-28-24(18-25)22-14-8-9-15-23(22)29-30(26,27)21-12-6-3-7-13-21/h2-15,19,24H,16-18H2,1H3/t19-,24-/m0/s1. The fourth-order valence-electron chi connectivity index (χ4n) is 3.73. The number of ether oxygens (including phenoxy) is 1. The van der Waals surface area contributed by atoms with Crippen molar-refractivity contribution in [3.05, 3.63) is 96.1 Å². The van der Waals surface area contributed by atoms with Gasteiger partial charge in [0.25, 0.3) is 0 Å². The average Bonchev–Trinajstić information content (AvgIpc) is 2.80. The van der Waals surface area contributed by atoms with E-state index in [0.29, 0.717) is 18.9 Å². The number of para-hydroxylation sites is 1. The molecule has 1 aliphatic heterocycles. The number of nitrogens with zero attached hydrogens (tertiary/aromatic N) is 1. The molecule has 3 aromatic carbocycles. The van der Waals surface area contributed by atoms with Gasteiger partial charge in [0, 0.05) is 24.7 Å². The Morgan fingerprint density at radius 1 is 0.933 bits per heavy atom. The van der Waals surface area contributed by atoms with Crippen molar-refractivity contribution in [3.8, 4) is 5.75 Å². The molecule has 156 valence electrons. The Labute approximate surface area is 178 Å². The van der Waals surface area contributed by atoms with Gasteiger partial charge in [0.1, 0.15) is 10.6 Å². The molecule has 0 radical (unpaired) electrons. The molecule has 0 bridgehead atoms. The molecule has 0 unspecified atom stereocenters. The monoisotopic (exact) mass is 423 g/mol. The predicted octanol–water partition coefficient (Wildman–Crippen LogP) is 4.59. The Bertz CT molecular complexity index is 1070. The van der Waals surface area contributed by atoms with E-state index in [9.17, 15) is 8.42 Å². The van der Waals surface area contributed by atoms with Crippen molar-refractivity contribution < 1.29 is 17.3 Å². The van der Waals surface area contributed by atoms with Gasteiger partial charge in [-0.2, -0.15) is 8.42 Å². The Morgan fingerprint density at radius 2 is 1.57 bits per heavy atom. The molecule has 0 amide bonds. The van der Waals surface area contributed by atoms with Crippen LogP contribution in [0.1, 0.15) is 30.2 Å². The fraction of sp³-hybridized carbons (Fsp3) is 0.250. The molecular formula is C24H25NO4S. The molecule has 5 nitrogen and oxygen atoms in total. The maximum Gasteiger partial charge on any atom is 0.339 e. The molecule has 1 saturated heterocycles. The second-order valence-corrected chi connectivity index (χ2v) is 8.88. The lowest BCUT2D eigenvalue weighted by Crippen LogP contribution is -2.40. The molecule has 4 rings (SSSR count). The van der Waals surface area contributed by atoms with Gasteiger partial charge in [0.15, 0.2) is 0 Å². The molecule has 30 heavy (non-hydrogen) atoms. The third kappa shape index (κ3) is 4.56. The first kappa shape index (κ1) is 20.6. The van der Waals surface area contributed by atoms with Crippen LogP contribution in [0.2, 0.25) is 0 Å². The van der Waals surface area contributed by atoms with Crippen LogP contribution in [0.5, 0.6) is 5.75 Å². The highest BCUT2D eigenvalue weighted by Crippen LogP contribution is 2.34. The highest BCUT2D eigenvalue weighted by Gasteiger charge is 2.29. The molecule has 0 aliphatic carbocycles. The van der Waals surface area contributed by atoms with Crippen molar-refractivity contribution in [1.29, 1.82) is 0 Å². The maximum absolute atomic E-state index is 12.7. The van der Waals surface area contributed by atoms with Crippen LogP contribution in [-0.4, -0.2) is 33.0 Å². The Hall–Kier alpha value is -2.67. The molecule has 2 atom stereocenters. The summed E-state index contributed by atoms with van der Waals surface area (Å²) in [5, 5.41) is 0. The minimum Gasteiger partial charge on any atom is -0.379 e. The summed E-state index contributed by atoms with van der Waals surface area (Å²) in [5.41, 5.74) is 1.98. The first-order valence-electron chi connectivity index (χ1n) is 10.0. The van der Waals surface area contributed by atoms with E-state index in [1.807, 2.05) is 30.3 Å². The van der Waals surface area contributed by atoms with Gasteiger partial charge in [0.05, 0.1) is 12.7 Å². The summed E-state index contributed by atoms with van der Waals surface area (Å²) in [6.07, 6.45) is -0.271. The molecular weight excluding hydrogens is 398 g/mol. The van der Waals surface area contributed by atoms with E-state index in [-0.39, 0.29) is 17.0 Å². The van der Waals surface area contributed by atoms with Crippen molar-refractivity contribution in [2.75, 3.05) is 19.7 Å². The number of hydrogen-bond acceptors (Lipinski definition) is 5. The number of hydrogen-bond donors (Lipinski definition) is 0. The molecule has 0 spiro atoms. The zero-order valence-electron chi connectivity index (χ0n) is 16.8. The molecule has 1 fully saturated rings. The quantitative estimate of drug-likeness (QED) is 0.543. The molecule has 1 aliphatic rings. The smallest absolute Gasteiger partial charge is 0.339 e. The second-order valence-electron chi connectivity index (χ2n) is 7.33. The van der Waals surface area contributed by atoms with E-state index in [4.69, 9.17) is 8.92 Å². The van der Waals surface area contributed by atoms with Gasteiger partial charge in [-0.05, 0) is 30.7 Å². The van der Waals surface area contributed by atoms with Gasteiger partial charge in [-0.3, -0.25) is 4.90 Å². The van der Waals surface area contributed by atoms with E-state index < -0.39 is 10.1 Å². The molecule has 0 aromatic heterocycles. The van der Waals surface area contributed by atoms with Crippen LogP contribution in [0.4, 0.5) is 0 Å². The summed E-state index contributed by atoms with van der Waals surface area (Å²) in [4.78, 5) is 2.48. The first-order valence-corrected chi connectivity index (χ1v) is 11.4. The lowest BCUT2D eigenvalue weighted by atomic mass is 10.0. The van der Waals surface area contributed by atoms with E-state index in [0.717, 1.165) is 12.1 Å². The van der Waals surface area contributed by atoms with E-state index in [1.165, 1.54) is 17.7 Å². The van der Waals surface area contributed by atoms with Crippen molar-refractivity contribution in [3.63, 3.8) is 0 Å². The second kappa shape index (κ2) is 9.00. The number of rotatable bonds is 6. The Balaban J connectivity index is 1.56. The Kier molecular flexibility index (Phi) is 6.18. The molecule has 3 aromatic rings. The van der Waals surface area contributed by atoms with Crippen molar-refractivity contribution >= 4 is 10.1 Å². The molecule has 0 N–H and O–H groups in total. The van der Waals surface area contributed by atoms with Gasteiger partial charge in [-0.1, -0.05) is 66.7 Å². The first-order chi connectivity index (χ1) is 14.5. The highest BCUT2D eigenvalue weighted by atomic mass is 32.2. The third-order valence-corrected chi connectivity index (χ3v) is 6.67. The summed E-state index contributed by atoms with van der Waals surface area (Å²) in [7, 11) is -3.92. The minimum atomic E-state index is -3.92. The zero-order chi connectivity index (χ0) is 21.0. The van der Waals surface area contributed by atoms with Crippen LogP contribution in [0.25, 0.3) is 0 Å². The lowest BCUT2D eigenvalue weighted by molar-refractivity contribution is -0.0436.